The van der Waals surface area contributed by atoms with Crippen LogP contribution in [0.15, 0.2) is 4.99 Å². The minimum atomic E-state index is -1.70. The van der Waals surface area contributed by atoms with Gasteiger partial charge in [-0.05, 0) is 6.92 Å². The SMILES string of the molecule is C[C@H]1O[C@@H](O[C@H]2[C@H](O)[C@@H](O)[C@@H](O[C@@H]3[C@H](CO)N=C[C@@H]3O)O[C@@H]2CO)[C@H](O)[C@@H](O)[C@@H]1O. The molecule has 3 aliphatic heterocycles. The normalized spacial score (nSPS) is 52.0. The second-order valence-electron chi connectivity index (χ2n) is 7.63. The first-order valence-corrected chi connectivity index (χ1v) is 9.64. The monoisotopic (exact) mass is 439 g/mol. The smallest absolute Gasteiger partial charge is 0.187 e. The molecule has 30 heavy (non-hydrogen) atoms. The summed E-state index contributed by atoms with van der Waals surface area (Å²) in [6.07, 6.45) is -15.5. The van der Waals surface area contributed by atoms with E-state index in [0.29, 0.717) is 0 Å². The summed E-state index contributed by atoms with van der Waals surface area (Å²) in [6.45, 7) is 0.339. The van der Waals surface area contributed by atoms with Crippen molar-refractivity contribution in [2.45, 2.75) is 86.6 Å². The standard InChI is InChI=1S/C17H29NO12/c1-5-9(22)10(23)12(25)16(27-5)30-15-8(4-20)28-17(13(26)11(15)24)29-14-6(3-19)18-2-7(14)21/h2,5-17,19-26H,3-4H2,1H3/t5-,6+,7+,8-,9-,10+,11-,12-,13-,14-,15-,16+,17-/m1/s1. The summed E-state index contributed by atoms with van der Waals surface area (Å²) < 4.78 is 21.8. The van der Waals surface area contributed by atoms with Crippen LogP contribution in [0.25, 0.3) is 0 Å². The second-order valence-corrected chi connectivity index (χ2v) is 7.63. The van der Waals surface area contributed by atoms with E-state index in [1.807, 2.05) is 0 Å². The zero-order valence-electron chi connectivity index (χ0n) is 16.2. The summed E-state index contributed by atoms with van der Waals surface area (Å²) >= 11 is 0. The lowest BCUT2D eigenvalue weighted by Gasteiger charge is -2.46. The third-order valence-electron chi connectivity index (χ3n) is 5.54. The highest BCUT2D eigenvalue weighted by atomic mass is 16.7. The van der Waals surface area contributed by atoms with Crippen LogP contribution in [0.2, 0.25) is 0 Å². The fourth-order valence-electron chi connectivity index (χ4n) is 3.69. The lowest BCUT2D eigenvalue weighted by molar-refractivity contribution is -0.361. The second kappa shape index (κ2) is 9.77. The summed E-state index contributed by atoms with van der Waals surface area (Å²) in [7, 11) is 0. The van der Waals surface area contributed by atoms with Crippen LogP contribution in [0.3, 0.4) is 0 Å². The Hall–Kier alpha value is -0.810. The highest BCUT2D eigenvalue weighted by molar-refractivity contribution is 5.67. The molecule has 13 atom stereocenters. The van der Waals surface area contributed by atoms with Crippen molar-refractivity contribution in [3.63, 3.8) is 0 Å². The van der Waals surface area contributed by atoms with Gasteiger partial charge in [-0.15, -0.1) is 0 Å². The van der Waals surface area contributed by atoms with E-state index in [-0.39, 0.29) is 0 Å². The van der Waals surface area contributed by atoms with Gasteiger partial charge in [-0.2, -0.15) is 0 Å². The van der Waals surface area contributed by atoms with Crippen molar-refractivity contribution < 1.29 is 59.8 Å². The number of hydrogen-bond donors (Lipinski definition) is 8. The van der Waals surface area contributed by atoms with Crippen LogP contribution in [-0.4, -0.2) is 140 Å². The largest absolute Gasteiger partial charge is 0.394 e. The Kier molecular flexibility index (Phi) is 7.76. The molecule has 2 fully saturated rings. The third-order valence-corrected chi connectivity index (χ3v) is 5.54. The van der Waals surface area contributed by atoms with Crippen LogP contribution in [0.1, 0.15) is 6.92 Å². The van der Waals surface area contributed by atoms with Gasteiger partial charge in [-0.25, -0.2) is 0 Å². The summed E-state index contributed by atoms with van der Waals surface area (Å²) in [5, 5.41) is 79.6. The molecule has 0 aromatic heterocycles. The van der Waals surface area contributed by atoms with Crippen molar-refractivity contribution in [3.8, 4) is 0 Å². The van der Waals surface area contributed by atoms with Crippen LogP contribution < -0.4 is 0 Å². The first-order chi connectivity index (χ1) is 14.2. The average molecular weight is 439 g/mol. The molecule has 2 saturated heterocycles. The molecule has 0 unspecified atom stereocenters. The number of nitrogens with zero attached hydrogens (tertiary/aromatic N) is 1. The van der Waals surface area contributed by atoms with E-state index in [0.717, 1.165) is 0 Å². The Morgan fingerprint density at radius 2 is 1.37 bits per heavy atom. The number of aliphatic imine (C=N–C) groups is 1. The summed E-state index contributed by atoms with van der Waals surface area (Å²) in [6, 6.07) is -0.797. The van der Waals surface area contributed by atoms with E-state index >= 15 is 0 Å². The van der Waals surface area contributed by atoms with Crippen molar-refractivity contribution in [3.05, 3.63) is 0 Å². The number of aliphatic hydroxyl groups is 8. The molecule has 8 N–H and O–H groups in total. The highest BCUT2D eigenvalue weighted by Gasteiger charge is 2.51. The molecule has 0 spiro atoms. The third kappa shape index (κ3) is 4.53. The molecule has 13 nitrogen and oxygen atoms in total. The Morgan fingerprint density at radius 3 is 2.00 bits per heavy atom. The molecule has 3 aliphatic rings. The molecule has 0 radical (unpaired) electrons. The molecule has 13 heteroatoms. The van der Waals surface area contributed by atoms with Crippen molar-refractivity contribution in [1.82, 2.24) is 0 Å². The minimum Gasteiger partial charge on any atom is -0.394 e. The minimum absolute atomic E-state index is 0.429. The van der Waals surface area contributed by atoms with Crippen LogP contribution in [0.5, 0.6) is 0 Å². The van der Waals surface area contributed by atoms with Crippen molar-refractivity contribution >= 4 is 6.21 Å². The molecule has 0 aromatic rings. The van der Waals surface area contributed by atoms with Crippen molar-refractivity contribution in [2.24, 2.45) is 4.99 Å². The Labute approximate surface area is 171 Å². The van der Waals surface area contributed by atoms with E-state index in [1.54, 1.807) is 0 Å². The van der Waals surface area contributed by atoms with Gasteiger partial charge in [0.2, 0.25) is 0 Å². The van der Waals surface area contributed by atoms with Gasteiger partial charge in [0.25, 0.3) is 0 Å². The fourth-order valence-corrected chi connectivity index (χ4v) is 3.69. The van der Waals surface area contributed by atoms with E-state index in [2.05, 4.69) is 4.99 Å². The lowest BCUT2D eigenvalue weighted by Crippen LogP contribution is -2.64. The van der Waals surface area contributed by atoms with Gasteiger partial charge in [-0.3, -0.25) is 4.99 Å². The van der Waals surface area contributed by atoms with Crippen LogP contribution in [0, 0.1) is 0 Å². The molecular formula is C17H29NO12. The molecule has 3 heterocycles. The van der Waals surface area contributed by atoms with Gasteiger partial charge in [0.05, 0.1) is 19.3 Å². The van der Waals surface area contributed by atoms with Gasteiger partial charge in [0.15, 0.2) is 12.6 Å². The van der Waals surface area contributed by atoms with E-state index in [1.165, 1.54) is 13.1 Å². The average Bonchev–Trinajstić information content (AvgIpc) is 3.09. The topological polar surface area (TPSA) is 211 Å². The van der Waals surface area contributed by atoms with Crippen LogP contribution in [-0.2, 0) is 18.9 Å². The van der Waals surface area contributed by atoms with Crippen LogP contribution >= 0.6 is 0 Å². The molecule has 0 amide bonds. The molecular weight excluding hydrogens is 410 g/mol. The first-order valence-electron chi connectivity index (χ1n) is 9.64. The zero-order valence-corrected chi connectivity index (χ0v) is 16.2. The predicted molar refractivity (Wildman–Crippen MR) is 95.2 cm³/mol. The highest BCUT2D eigenvalue weighted by Crippen LogP contribution is 2.30. The summed E-state index contributed by atoms with van der Waals surface area (Å²) in [4.78, 5) is 3.87. The van der Waals surface area contributed by atoms with Gasteiger partial charge < -0.3 is 59.8 Å². The number of ether oxygens (including phenoxy) is 4. The quantitative estimate of drug-likeness (QED) is 0.195. The van der Waals surface area contributed by atoms with E-state index < -0.39 is 92.9 Å². The fraction of sp³-hybridized carbons (Fsp3) is 0.941. The predicted octanol–water partition coefficient (Wildman–Crippen LogP) is -5.17. The maximum absolute atomic E-state index is 10.5. The Bertz CT molecular complexity index is 593. The van der Waals surface area contributed by atoms with E-state index in [4.69, 9.17) is 18.9 Å². The van der Waals surface area contributed by atoms with Gasteiger partial charge in [0.1, 0.15) is 61.0 Å². The number of rotatable bonds is 6. The van der Waals surface area contributed by atoms with Gasteiger partial charge in [0, 0.05) is 6.21 Å². The van der Waals surface area contributed by atoms with Crippen molar-refractivity contribution in [2.75, 3.05) is 13.2 Å². The lowest BCUT2D eigenvalue weighted by atomic mass is 9.97. The summed E-state index contributed by atoms with van der Waals surface area (Å²) in [5.74, 6) is 0. The number of hydrogen-bond acceptors (Lipinski definition) is 13. The molecule has 174 valence electrons. The molecule has 0 aromatic carbocycles. The van der Waals surface area contributed by atoms with E-state index in [9.17, 15) is 40.9 Å². The van der Waals surface area contributed by atoms with Gasteiger partial charge in [-0.1, -0.05) is 0 Å². The maximum atomic E-state index is 10.5. The maximum Gasteiger partial charge on any atom is 0.187 e. The molecule has 0 bridgehead atoms. The Balaban J connectivity index is 1.68. The molecule has 3 rings (SSSR count). The van der Waals surface area contributed by atoms with Crippen molar-refractivity contribution in [1.29, 1.82) is 0 Å². The molecule has 0 aliphatic carbocycles. The first kappa shape index (κ1) is 23.8. The zero-order chi connectivity index (χ0) is 22.2. The number of aliphatic hydroxyl groups excluding tert-OH is 8. The van der Waals surface area contributed by atoms with Gasteiger partial charge >= 0.3 is 0 Å². The molecule has 0 saturated carbocycles. The summed E-state index contributed by atoms with van der Waals surface area (Å²) in [5.41, 5.74) is 0. The Morgan fingerprint density at radius 1 is 0.767 bits per heavy atom. The van der Waals surface area contributed by atoms with Crippen LogP contribution in [0.4, 0.5) is 0 Å².